The summed E-state index contributed by atoms with van der Waals surface area (Å²) in [6.07, 6.45) is 0. The van der Waals surface area contributed by atoms with Crippen LogP contribution < -0.4 is 0 Å². The minimum absolute atomic E-state index is 0.127. The zero-order chi connectivity index (χ0) is 34.6. The number of benzene rings is 9. The molecular weight excluding hydrogens is 645 g/mol. The van der Waals surface area contributed by atoms with Crippen molar-refractivity contribution in [2.75, 3.05) is 0 Å². The van der Waals surface area contributed by atoms with Crippen LogP contribution in [0.3, 0.4) is 0 Å². The van der Waals surface area contributed by atoms with Crippen molar-refractivity contribution >= 4 is 63.8 Å². The van der Waals surface area contributed by atoms with Crippen molar-refractivity contribution in [1.29, 1.82) is 0 Å². The molecule has 1 aliphatic rings. The summed E-state index contributed by atoms with van der Waals surface area (Å²) in [4.78, 5) is 0. The molecule has 1 heteroatoms. The Hall–Kier alpha value is -6.02. The molecule has 10 aromatic rings. The van der Waals surface area contributed by atoms with E-state index in [1.54, 1.807) is 0 Å². The molecule has 1 aromatic heterocycles. The summed E-state index contributed by atoms with van der Waals surface area (Å²) >= 11 is 1.94. The second-order valence-electron chi connectivity index (χ2n) is 14.8. The molecule has 0 aliphatic heterocycles. The Morgan fingerprint density at radius 3 is 1.62 bits per heavy atom. The molecule has 0 unspecified atom stereocenters. The van der Waals surface area contributed by atoms with Crippen molar-refractivity contribution in [3.05, 3.63) is 181 Å². The van der Waals surface area contributed by atoms with Gasteiger partial charge in [0.15, 0.2) is 0 Å². The lowest BCUT2D eigenvalue weighted by atomic mass is 9.79. The van der Waals surface area contributed by atoms with Gasteiger partial charge in [-0.2, -0.15) is 0 Å². The summed E-state index contributed by atoms with van der Waals surface area (Å²) in [5.74, 6) is 0. The fourth-order valence-corrected chi connectivity index (χ4v) is 10.5. The maximum absolute atomic E-state index is 2.46. The van der Waals surface area contributed by atoms with Crippen molar-refractivity contribution < 1.29 is 0 Å². The van der Waals surface area contributed by atoms with Crippen LogP contribution in [0.4, 0.5) is 0 Å². The van der Waals surface area contributed by atoms with Crippen LogP contribution in [0.2, 0.25) is 0 Å². The first kappa shape index (κ1) is 29.7. The molecule has 11 rings (SSSR count). The standard InChI is InChI=1S/C51H34S/c1-51(2)44-30-35(25-26-37(44)42-28-29-45-48(49(42)51)43-27-24-32-12-6-7-15-36(32)50(43)52-45)31-20-22-34(23-21-31)47-40-18-10-8-16-38(40)46(33-13-4-3-5-14-33)39-17-9-11-19-41(39)47/h3-30H,1-2H3. The Bertz CT molecular complexity index is 3010. The molecule has 1 aliphatic carbocycles. The van der Waals surface area contributed by atoms with E-state index in [9.17, 15) is 0 Å². The lowest BCUT2D eigenvalue weighted by molar-refractivity contribution is 0.667. The highest BCUT2D eigenvalue weighted by atomic mass is 32.1. The molecule has 9 aromatic carbocycles. The minimum Gasteiger partial charge on any atom is -0.135 e. The molecule has 0 bridgehead atoms. The zero-order valence-corrected chi connectivity index (χ0v) is 29.9. The zero-order valence-electron chi connectivity index (χ0n) is 29.1. The Kier molecular flexibility index (Phi) is 6.27. The van der Waals surface area contributed by atoms with E-state index in [-0.39, 0.29) is 5.41 Å². The predicted octanol–water partition coefficient (Wildman–Crippen LogP) is 14.8. The number of hydrogen-bond donors (Lipinski definition) is 0. The summed E-state index contributed by atoms with van der Waals surface area (Å²) < 4.78 is 2.77. The Morgan fingerprint density at radius 1 is 0.404 bits per heavy atom. The first-order valence-corrected chi connectivity index (χ1v) is 19.0. The second-order valence-corrected chi connectivity index (χ2v) is 15.8. The first-order valence-electron chi connectivity index (χ1n) is 18.2. The number of hydrogen-bond acceptors (Lipinski definition) is 1. The van der Waals surface area contributed by atoms with Gasteiger partial charge in [0.05, 0.1) is 0 Å². The molecule has 0 nitrogen and oxygen atoms in total. The molecule has 1 heterocycles. The van der Waals surface area contributed by atoms with E-state index in [1.807, 2.05) is 11.3 Å². The molecule has 0 amide bonds. The first-order chi connectivity index (χ1) is 25.6. The van der Waals surface area contributed by atoms with Gasteiger partial charge < -0.3 is 0 Å². The van der Waals surface area contributed by atoms with Gasteiger partial charge in [-0.25, -0.2) is 0 Å². The Morgan fingerprint density at radius 2 is 0.942 bits per heavy atom. The highest BCUT2D eigenvalue weighted by molar-refractivity contribution is 7.26. The molecule has 244 valence electrons. The van der Waals surface area contributed by atoms with E-state index in [1.165, 1.54) is 108 Å². The van der Waals surface area contributed by atoms with Crippen molar-refractivity contribution in [2.24, 2.45) is 0 Å². The molecule has 52 heavy (non-hydrogen) atoms. The molecule has 0 spiro atoms. The van der Waals surface area contributed by atoms with E-state index < -0.39 is 0 Å². The molecule has 0 N–H and O–H groups in total. The SMILES string of the molecule is CC1(C)c2cc(-c3ccc(-c4c5ccccc5c(-c5ccccc5)c5ccccc45)cc3)ccc2-c2ccc3sc4c5ccccc5ccc4c3c21. The molecule has 0 saturated carbocycles. The van der Waals surface area contributed by atoms with Crippen LogP contribution in [0.1, 0.15) is 25.0 Å². The van der Waals surface area contributed by atoms with E-state index >= 15 is 0 Å². The minimum atomic E-state index is -0.127. The van der Waals surface area contributed by atoms with Gasteiger partial charge in [0.25, 0.3) is 0 Å². The smallest absolute Gasteiger partial charge is 0.0433 e. The fraction of sp³-hybridized carbons (Fsp3) is 0.0588. The topological polar surface area (TPSA) is 0 Å². The van der Waals surface area contributed by atoms with Gasteiger partial charge in [0, 0.05) is 25.6 Å². The average Bonchev–Trinajstić information content (AvgIpc) is 3.69. The normalized spacial score (nSPS) is 13.3. The maximum atomic E-state index is 2.46. The summed E-state index contributed by atoms with van der Waals surface area (Å²) in [6.45, 7) is 4.84. The van der Waals surface area contributed by atoms with Crippen LogP contribution in [0, 0.1) is 0 Å². The summed E-state index contributed by atoms with van der Waals surface area (Å²) in [6, 6.07) is 63.2. The largest absolute Gasteiger partial charge is 0.135 e. The van der Waals surface area contributed by atoms with Gasteiger partial charge in [-0.15, -0.1) is 11.3 Å². The highest BCUT2D eigenvalue weighted by Crippen LogP contribution is 2.55. The monoisotopic (exact) mass is 678 g/mol. The molecule has 0 fully saturated rings. The molecule has 0 radical (unpaired) electrons. The van der Waals surface area contributed by atoms with Gasteiger partial charge in [-0.05, 0) is 100 Å². The predicted molar refractivity (Wildman–Crippen MR) is 226 cm³/mol. The summed E-state index contributed by atoms with van der Waals surface area (Å²) in [5.41, 5.74) is 13.1. The quantitative estimate of drug-likeness (QED) is 0.163. The third kappa shape index (κ3) is 4.15. The molecule has 0 atom stereocenters. The fourth-order valence-electron chi connectivity index (χ4n) is 9.26. The highest BCUT2D eigenvalue weighted by Gasteiger charge is 2.38. The van der Waals surface area contributed by atoms with Crippen molar-refractivity contribution in [2.45, 2.75) is 19.3 Å². The van der Waals surface area contributed by atoms with Gasteiger partial charge in [-0.1, -0.05) is 172 Å². The maximum Gasteiger partial charge on any atom is 0.0433 e. The number of thiophene rings is 1. The van der Waals surface area contributed by atoms with Gasteiger partial charge >= 0.3 is 0 Å². The number of rotatable bonds is 3. The lowest BCUT2D eigenvalue weighted by Gasteiger charge is -2.23. The Balaban J connectivity index is 1.03. The van der Waals surface area contributed by atoms with Crippen LogP contribution >= 0.6 is 11.3 Å². The van der Waals surface area contributed by atoms with Crippen molar-refractivity contribution in [3.63, 3.8) is 0 Å². The van der Waals surface area contributed by atoms with Crippen molar-refractivity contribution in [3.8, 4) is 44.5 Å². The van der Waals surface area contributed by atoms with Gasteiger partial charge in [0.1, 0.15) is 0 Å². The van der Waals surface area contributed by atoms with Crippen LogP contribution in [-0.2, 0) is 5.41 Å². The third-order valence-electron chi connectivity index (χ3n) is 11.6. The molecular formula is C51H34S. The molecule has 0 saturated heterocycles. The van der Waals surface area contributed by atoms with E-state index in [0.29, 0.717) is 0 Å². The van der Waals surface area contributed by atoms with Crippen LogP contribution in [0.15, 0.2) is 170 Å². The Labute approximate surface area is 307 Å². The van der Waals surface area contributed by atoms with E-state index in [2.05, 4.69) is 184 Å². The van der Waals surface area contributed by atoms with Crippen LogP contribution in [-0.4, -0.2) is 0 Å². The van der Waals surface area contributed by atoms with Crippen LogP contribution in [0.5, 0.6) is 0 Å². The van der Waals surface area contributed by atoms with Gasteiger partial charge in [0.2, 0.25) is 0 Å². The van der Waals surface area contributed by atoms with Gasteiger partial charge in [-0.3, -0.25) is 0 Å². The summed E-state index contributed by atoms with van der Waals surface area (Å²) in [7, 11) is 0. The van der Waals surface area contributed by atoms with E-state index in [4.69, 9.17) is 0 Å². The second kappa shape index (κ2) is 11.0. The third-order valence-corrected chi connectivity index (χ3v) is 12.8. The number of fused-ring (bicyclic) bond motifs is 11. The van der Waals surface area contributed by atoms with Crippen LogP contribution in [0.25, 0.3) is 97.0 Å². The van der Waals surface area contributed by atoms with E-state index in [0.717, 1.165) is 0 Å². The summed E-state index contributed by atoms with van der Waals surface area (Å²) in [5, 5.41) is 10.6. The lowest BCUT2D eigenvalue weighted by Crippen LogP contribution is -2.15. The van der Waals surface area contributed by atoms with Crippen molar-refractivity contribution in [1.82, 2.24) is 0 Å². The average molecular weight is 679 g/mol.